The van der Waals surface area contributed by atoms with Gasteiger partial charge in [-0.25, -0.2) is 0 Å². The SMILES string of the molecule is CCC(N[C@@H](C)C1CCCC1)c1ccccc1O. The van der Waals surface area contributed by atoms with Gasteiger partial charge in [0.1, 0.15) is 5.75 Å². The average Bonchev–Trinajstić information content (AvgIpc) is 2.90. The van der Waals surface area contributed by atoms with E-state index in [0.29, 0.717) is 11.8 Å². The summed E-state index contributed by atoms with van der Waals surface area (Å²) in [5.41, 5.74) is 1.03. The second-order valence-corrected chi connectivity index (χ2v) is 5.52. The van der Waals surface area contributed by atoms with Crippen LogP contribution in [0.5, 0.6) is 5.75 Å². The molecule has 0 bridgehead atoms. The molecule has 1 fully saturated rings. The lowest BCUT2D eigenvalue weighted by atomic mass is 9.96. The van der Waals surface area contributed by atoms with E-state index in [0.717, 1.165) is 17.9 Å². The third-order valence-electron chi connectivity index (χ3n) is 4.29. The zero-order valence-corrected chi connectivity index (χ0v) is 11.5. The molecule has 100 valence electrons. The highest BCUT2D eigenvalue weighted by Crippen LogP contribution is 2.31. The molecule has 1 aliphatic rings. The smallest absolute Gasteiger partial charge is 0.120 e. The molecule has 0 amide bonds. The quantitative estimate of drug-likeness (QED) is 0.824. The standard InChI is InChI=1S/C16H25NO/c1-3-15(14-10-6-7-11-16(14)18)17-12(2)13-8-4-5-9-13/h6-7,10-13,15,17-18H,3-5,8-9H2,1-2H3/t12-,15?/m0/s1. The maximum atomic E-state index is 9.95. The van der Waals surface area contributed by atoms with Crippen LogP contribution in [0.25, 0.3) is 0 Å². The van der Waals surface area contributed by atoms with Crippen LogP contribution in [-0.4, -0.2) is 11.1 Å². The Hall–Kier alpha value is -1.02. The normalized spacial score (nSPS) is 19.9. The van der Waals surface area contributed by atoms with Crippen molar-refractivity contribution in [1.82, 2.24) is 5.32 Å². The van der Waals surface area contributed by atoms with Gasteiger partial charge in [0.15, 0.2) is 0 Å². The van der Waals surface area contributed by atoms with Gasteiger partial charge >= 0.3 is 0 Å². The second-order valence-electron chi connectivity index (χ2n) is 5.52. The van der Waals surface area contributed by atoms with Crippen LogP contribution in [0.4, 0.5) is 0 Å². The largest absolute Gasteiger partial charge is 0.508 e. The molecule has 2 rings (SSSR count). The molecule has 1 aromatic rings. The molecule has 2 nitrogen and oxygen atoms in total. The Labute approximate surface area is 110 Å². The summed E-state index contributed by atoms with van der Waals surface area (Å²) in [5, 5.41) is 13.7. The van der Waals surface area contributed by atoms with Gasteiger partial charge in [-0.2, -0.15) is 0 Å². The van der Waals surface area contributed by atoms with Crippen molar-refractivity contribution in [2.24, 2.45) is 5.92 Å². The summed E-state index contributed by atoms with van der Waals surface area (Å²) in [7, 11) is 0. The lowest BCUT2D eigenvalue weighted by Crippen LogP contribution is -2.35. The van der Waals surface area contributed by atoms with Crippen LogP contribution < -0.4 is 5.32 Å². The van der Waals surface area contributed by atoms with Crippen molar-refractivity contribution in [2.45, 2.75) is 58.0 Å². The third-order valence-corrected chi connectivity index (χ3v) is 4.29. The predicted molar refractivity (Wildman–Crippen MR) is 75.7 cm³/mol. The zero-order chi connectivity index (χ0) is 13.0. The van der Waals surface area contributed by atoms with Crippen LogP contribution in [0.3, 0.4) is 0 Å². The van der Waals surface area contributed by atoms with Crippen LogP contribution in [0.1, 0.15) is 57.6 Å². The van der Waals surface area contributed by atoms with Crippen molar-refractivity contribution in [3.63, 3.8) is 0 Å². The van der Waals surface area contributed by atoms with Crippen molar-refractivity contribution in [1.29, 1.82) is 0 Å². The fourth-order valence-corrected chi connectivity index (χ4v) is 3.12. The zero-order valence-electron chi connectivity index (χ0n) is 11.5. The first-order valence-electron chi connectivity index (χ1n) is 7.26. The molecule has 0 heterocycles. The van der Waals surface area contributed by atoms with Crippen LogP contribution in [0.2, 0.25) is 0 Å². The Morgan fingerprint density at radius 1 is 1.28 bits per heavy atom. The summed E-state index contributed by atoms with van der Waals surface area (Å²) in [4.78, 5) is 0. The topological polar surface area (TPSA) is 32.3 Å². The van der Waals surface area contributed by atoms with Gasteiger partial charge in [0.05, 0.1) is 0 Å². The van der Waals surface area contributed by atoms with Crippen molar-refractivity contribution in [3.05, 3.63) is 29.8 Å². The molecule has 0 saturated heterocycles. The summed E-state index contributed by atoms with van der Waals surface area (Å²) >= 11 is 0. The van der Waals surface area contributed by atoms with E-state index in [2.05, 4.69) is 19.2 Å². The number of phenols is 1. The number of hydrogen-bond acceptors (Lipinski definition) is 2. The minimum Gasteiger partial charge on any atom is -0.508 e. The summed E-state index contributed by atoms with van der Waals surface area (Å²) in [5.74, 6) is 1.22. The van der Waals surface area contributed by atoms with E-state index < -0.39 is 0 Å². The summed E-state index contributed by atoms with van der Waals surface area (Å²) in [6, 6.07) is 8.49. The van der Waals surface area contributed by atoms with E-state index in [9.17, 15) is 5.11 Å². The van der Waals surface area contributed by atoms with Gasteiger partial charge in [0.25, 0.3) is 0 Å². The summed E-state index contributed by atoms with van der Waals surface area (Å²) in [6.07, 6.45) is 6.47. The van der Waals surface area contributed by atoms with Crippen LogP contribution in [0, 0.1) is 5.92 Å². The van der Waals surface area contributed by atoms with E-state index >= 15 is 0 Å². The highest BCUT2D eigenvalue weighted by Gasteiger charge is 2.24. The third kappa shape index (κ3) is 3.05. The first-order chi connectivity index (χ1) is 8.72. The minimum absolute atomic E-state index is 0.266. The van der Waals surface area contributed by atoms with Gasteiger partial charge in [-0.05, 0) is 38.2 Å². The molecular formula is C16H25NO. The van der Waals surface area contributed by atoms with Crippen molar-refractivity contribution in [2.75, 3.05) is 0 Å². The molecule has 18 heavy (non-hydrogen) atoms. The number of rotatable bonds is 5. The maximum absolute atomic E-state index is 9.95. The predicted octanol–water partition coefficient (Wildman–Crippen LogP) is 4.01. The lowest BCUT2D eigenvalue weighted by molar-refractivity contribution is 0.333. The molecule has 0 aliphatic heterocycles. The van der Waals surface area contributed by atoms with E-state index in [4.69, 9.17) is 0 Å². The number of benzene rings is 1. The van der Waals surface area contributed by atoms with E-state index in [1.165, 1.54) is 25.7 Å². The Kier molecular flexibility index (Phi) is 4.65. The van der Waals surface area contributed by atoms with Crippen LogP contribution in [0.15, 0.2) is 24.3 Å². The Morgan fingerprint density at radius 2 is 1.94 bits per heavy atom. The minimum atomic E-state index is 0.266. The van der Waals surface area contributed by atoms with Gasteiger partial charge in [-0.1, -0.05) is 38.0 Å². The molecule has 1 aromatic carbocycles. The van der Waals surface area contributed by atoms with E-state index in [-0.39, 0.29) is 6.04 Å². The van der Waals surface area contributed by atoms with Gasteiger partial charge in [0.2, 0.25) is 0 Å². The van der Waals surface area contributed by atoms with Gasteiger partial charge in [-0.3, -0.25) is 0 Å². The first-order valence-corrected chi connectivity index (χ1v) is 7.26. The second kappa shape index (κ2) is 6.24. The molecule has 1 saturated carbocycles. The maximum Gasteiger partial charge on any atom is 0.120 e. The van der Waals surface area contributed by atoms with Gasteiger partial charge in [-0.15, -0.1) is 0 Å². The van der Waals surface area contributed by atoms with Crippen molar-refractivity contribution in [3.8, 4) is 5.75 Å². The molecular weight excluding hydrogens is 222 g/mol. The molecule has 1 aliphatic carbocycles. The fraction of sp³-hybridized carbons (Fsp3) is 0.625. The highest BCUT2D eigenvalue weighted by molar-refractivity contribution is 5.34. The Bertz CT molecular complexity index is 371. The fourth-order valence-electron chi connectivity index (χ4n) is 3.12. The van der Waals surface area contributed by atoms with E-state index in [1.807, 2.05) is 18.2 Å². The van der Waals surface area contributed by atoms with Crippen LogP contribution >= 0.6 is 0 Å². The monoisotopic (exact) mass is 247 g/mol. The summed E-state index contributed by atoms with van der Waals surface area (Å²) in [6.45, 7) is 4.46. The number of para-hydroxylation sites is 1. The molecule has 1 unspecified atom stereocenters. The molecule has 0 spiro atoms. The number of phenolic OH excluding ortho intramolecular Hbond substituents is 1. The van der Waals surface area contributed by atoms with Gasteiger partial charge < -0.3 is 10.4 Å². The Balaban J connectivity index is 2.02. The first kappa shape index (κ1) is 13.4. The number of hydrogen-bond donors (Lipinski definition) is 2. The molecule has 2 N–H and O–H groups in total. The van der Waals surface area contributed by atoms with E-state index in [1.54, 1.807) is 6.07 Å². The van der Waals surface area contributed by atoms with Crippen LogP contribution in [-0.2, 0) is 0 Å². The van der Waals surface area contributed by atoms with Crippen molar-refractivity contribution < 1.29 is 5.11 Å². The molecule has 2 atom stereocenters. The lowest BCUT2D eigenvalue weighted by Gasteiger charge is -2.27. The number of nitrogens with one attached hydrogen (secondary N) is 1. The highest BCUT2D eigenvalue weighted by atomic mass is 16.3. The number of aromatic hydroxyl groups is 1. The molecule has 2 heteroatoms. The van der Waals surface area contributed by atoms with Crippen molar-refractivity contribution >= 4 is 0 Å². The summed E-state index contributed by atoms with van der Waals surface area (Å²) < 4.78 is 0. The molecule has 0 radical (unpaired) electrons. The van der Waals surface area contributed by atoms with Gasteiger partial charge in [0, 0.05) is 17.6 Å². The Morgan fingerprint density at radius 3 is 2.56 bits per heavy atom. The average molecular weight is 247 g/mol. The molecule has 0 aromatic heterocycles.